The molecule has 25 heavy (non-hydrogen) atoms. The van der Waals surface area contributed by atoms with Crippen molar-refractivity contribution in [2.24, 2.45) is 0 Å². The Kier molecular flexibility index (Phi) is 4.45. The highest BCUT2D eigenvalue weighted by molar-refractivity contribution is 5.81. The number of benzene rings is 1. The van der Waals surface area contributed by atoms with Gasteiger partial charge in [0, 0.05) is 26.2 Å². The van der Waals surface area contributed by atoms with Crippen LogP contribution in [0.5, 0.6) is 0 Å². The van der Waals surface area contributed by atoms with Gasteiger partial charge in [-0.15, -0.1) is 0 Å². The van der Waals surface area contributed by atoms with Crippen LogP contribution < -0.4 is 0 Å². The van der Waals surface area contributed by atoms with Crippen LogP contribution in [-0.4, -0.2) is 81.9 Å². The lowest BCUT2D eigenvalue weighted by molar-refractivity contribution is -0.131. The minimum atomic E-state index is -0.498. The molecule has 2 aromatic rings. The van der Waals surface area contributed by atoms with Gasteiger partial charge in [0.1, 0.15) is 12.4 Å². The fourth-order valence-electron chi connectivity index (χ4n) is 3.87. The number of rotatable bonds is 3. The van der Waals surface area contributed by atoms with Crippen LogP contribution in [0.2, 0.25) is 0 Å². The second kappa shape index (κ2) is 6.74. The van der Waals surface area contributed by atoms with E-state index >= 15 is 0 Å². The monoisotopic (exact) mass is 344 g/mol. The molecule has 4 rings (SSSR count). The molecule has 7 heteroatoms. The fourth-order valence-corrected chi connectivity index (χ4v) is 3.87. The number of hydrogen-bond donors (Lipinski definition) is 1. The van der Waals surface area contributed by atoms with Gasteiger partial charge in [0.2, 0.25) is 5.91 Å². The van der Waals surface area contributed by atoms with E-state index in [1.54, 1.807) is 4.90 Å². The van der Waals surface area contributed by atoms with Crippen LogP contribution in [-0.2, 0) is 16.1 Å². The highest BCUT2D eigenvalue weighted by atomic mass is 16.5. The minimum Gasteiger partial charge on any atom is -0.390 e. The van der Waals surface area contributed by atoms with Crippen molar-refractivity contribution in [1.29, 1.82) is 0 Å². The molecule has 0 spiro atoms. The Bertz CT molecular complexity index is 769. The number of aryl methyl sites for hydroxylation is 1. The Morgan fingerprint density at radius 2 is 2.04 bits per heavy atom. The van der Waals surface area contributed by atoms with Gasteiger partial charge in [0.25, 0.3) is 0 Å². The number of carbonyl (C=O) groups excluding carboxylic acids is 1. The molecule has 2 aliphatic heterocycles. The Morgan fingerprint density at radius 1 is 1.28 bits per heavy atom. The number of morpholine rings is 1. The average molecular weight is 344 g/mol. The van der Waals surface area contributed by atoms with E-state index in [1.165, 1.54) is 0 Å². The van der Waals surface area contributed by atoms with Gasteiger partial charge in [0.05, 0.1) is 36.4 Å². The molecule has 0 aliphatic carbocycles. The van der Waals surface area contributed by atoms with Gasteiger partial charge in [-0.2, -0.15) is 0 Å². The molecule has 134 valence electrons. The predicted molar refractivity (Wildman–Crippen MR) is 93.2 cm³/mol. The number of para-hydroxylation sites is 2. The Hall–Kier alpha value is -1.96. The lowest BCUT2D eigenvalue weighted by Gasteiger charge is -2.33. The van der Waals surface area contributed by atoms with Gasteiger partial charge in [-0.3, -0.25) is 9.69 Å². The molecule has 1 amide bonds. The molecule has 2 fully saturated rings. The van der Waals surface area contributed by atoms with Crippen LogP contribution in [0.15, 0.2) is 24.3 Å². The van der Waals surface area contributed by atoms with E-state index in [0.29, 0.717) is 26.3 Å². The maximum absolute atomic E-state index is 12.8. The van der Waals surface area contributed by atoms with Crippen molar-refractivity contribution in [3.8, 4) is 0 Å². The molecule has 1 aromatic heterocycles. The van der Waals surface area contributed by atoms with E-state index < -0.39 is 6.10 Å². The lowest BCUT2D eigenvalue weighted by Crippen LogP contribution is -2.49. The molecule has 0 unspecified atom stereocenters. The summed E-state index contributed by atoms with van der Waals surface area (Å²) in [6.45, 7) is 6.16. The Labute approximate surface area is 146 Å². The summed E-state index contributed by atoms with van der Waals surface area (Å²) in [6.07, 6.45) is -0.498. The van der Waals surface area contributed by atoms with Crippen LogP contribution >= 0.6 is 0 Å². The number of imidazole rings is 1. The smallest absolute Gasteiger partial charge is 0.242 e. The molecule has 2 atom stereocenters. The quantitative estimate of drug-likeness (QED) is 0.864. The molecule has 3 heterocycles. The number of β-amino-alcohol motifs (C(OH)–C–C–N with tert-alkyl or cyclic N) is 1. The van der Waals surface area contributed by atoms with Crippen molar-refractivity contribution in [3.05, 3.63) is 30.1 Å². The zero-order chi connectivity index (χ0) is 17.4. The van der Waals surface area contributed by atoms with Crippen molar-refractivity contribution < 1.29 is 14.6 Å². The van der Waals surface area contributed by atoms with Crippen LogP contribution in [0.1, 0.15) is 5.82 Å². The topological polar surface area (TPSA) is 70.8 Å². The van der Waals surface area contributed by atoms with Crippen molar-refractivity contribution in [1.82, 2.24) is 19.4 Å². The number of ether oxygens (including phenoxy) is 1. The number of amides is 1. The van der Waals surface area contributed by atoms with E-state index in [1.807, 2.05) is 35.8 Å². The number of hydrogen-bond acceptors (Lipinski definition) is 5. The summed E-state index contributed by atoms with van der Waals surface area (Å²) in [7, 11) is 0. The molecule has 1 N–H and O–H groups in total. The van der Waals surface area contributed by atoms with Gasteiger partial charge >= 0.3 is 0 Å². The molecular formula is C18H24N4O3. The number of fused-ring (bicyclic) bond motifs is 1. The molecule has 0 saturated carbocycles. The summed E-state index contributed by atoms with van der Waals surface area (Å²) in [4.78, 5) is 21.3. The van der Waals surface area contributed by atoms with E-state index in [4.69, 9.17) is 4.74 Å². The van der Waals surface area contributed by atoms with Crippen LogP contribution in [0.25, 0.3) is 11.0 Å². The summed E-state index contributed by atoms with van der Waals surface area (Å²) in [5.41, 5.74) is 1.87. The van der Waals surface area contributed by atoms with Crippen molar-refractivity contribution in [3.63, 3.8) is 0 Å². The second-order valence-corrected chi connectivity index (χ2v) is 6.82. The summed E-state index contributed by atoms with van der Waals surface area (Å²) < 4.78 is 7.33. The van der Waals surface area contributed by atoms with Crippen LogP contribution in [0, 0.1) is 6.92 Å². The summed E-state index contributed by atoms with van der Waals surface area (Å²) >= 11 is 0. The standard InChI is InChI=1S/C18H24N4O3/c1-13-19-14-4-2-3-5-15(14)22(13)12-18(24)21-10-16(17(23)11-21)20-6-8-25-9-7-20/h2-5,16-17,23H,6-12H2,1H3/t16-,17-/m1/s1. The first kappa shape index (κ1) is 16.5. The van der Waals surface area contributed by atoms with Crippen LogP contribution in [0.3, 0.4) is 0 Å². The molecular weight excluding hydrogens is 320 g/mol. The molecule has 7 nitrogen and oxygen atoms in total. The third kappa shape index (κ3) is 3.15. The van der Waals surface area contributed by atoms with E-state index in [0.717, 1.165) is 29.9 Å². The number of nitrogens with zero attached hydrogens (tertiary/aromatic N) is 4. The lowest BCUT2D eigenvalue weighted by atomic mass is 10.2. The summed E-state index contributed by atoms with van der Waals surface area (Å²) in [6, 6.07) is 7.85. The highest BCUT2D eigenvalue weighted by Gasteiger charge is 2.38. The van der Waals surface area contributed by atoms with Gasteiger partial charge < -0.3 is 19.3 Å². The van der Waals surface area contributed by atoms with Gasteiger partial charge in [-0.25, -0.2) is 4.98 Å². The molecule has 2 saturated heterocycles. The molecule has 0 radical (unpaired) electrons. The average Bonchev–Trinajstić information content (AvgIpc) is 3.16. The highest BCUT2D eigenvalue weighted by Crippen LogP contribution is 2.20. The zero-order valence-electron chi connectivity index (χ0n) is 14.5. The summed E-state index contributed by atoms with van der Waals surface area (Å²) in [5.74, 6) is 0.861. The third-order valence-electron chi connectivity index (χ3n) is 5.27. The largest absolute Gasteiger partial charge is 0.390 e. The zero-order valence-corrected chi connectivity index (χ0v) is 14.5. The van der Waals surface area contributed by atoms with E-state index in [2.05, 4.69) is 9.88 Å². The maximum atomic E-state index is 12.8. The first-order chi connectivity index (χ1) is 12.1. The fraction of sp³-hybridized carbons (Fsp3) is 0.556. The third-order valence-corrected chi connectivity index (χ3v) is 5.27. The van der Waals surface area contributed by atoms with E-state index in [-0.39, 0.29) is 18.5 Å². The minimum absolute atomic E-state index is 0.00785. The van der Waals surface area contributed by atoms with Gasteiger partial charge in [-0.05, 0) is 19.1 Å². The van der Waals surface area contributed by atoms with Crippen molar-refractivity contribution >= 4 is 16.9 Å². The predicted octanol–water partition coefficient (Wildman–Crippen LogP) is 0.249. The van der Waals surface area contributed by atoms with Crippen LogP contribution in [0.4, 0.5) is 0 Å². The number of aliphatic hydroxyl groups is 1. The number of aromatic nitrogens is 2. The summed E-state index contributed by atoms with van der Waals surface area (Å²) in [5, 5.41) is 10.4. The molecule has 2 aliphatic rings. The number of carbonyl (C=O) groups is 1. The first-order valence-electron chi connectivity index (χ1n) is 8.83. The van der Waals surface area contributed by atoms with Gasteiger partial charge in [0.15, 0.2) is 0 Å². The SMILES string of the molecule is Cc1nc2ccccc2n1CC(=O)N1C[C@@H](O)[C@H](N2CCOCC2)C1. The second-order valence-electron chi connectivity index (χ2n) is 6.82. The normalized spacial score (nSPS) is 25.0. The van der Waals surface area contributed by atoms with Crippen molar-refractivity contribution in [2.45, 2.75) is 25.6 Å². The number of aliphatic hydroxyl groups excluding tert-OH is 1. The van der Waals surface area contributed by atoms with Crippen molar-refractivity contribution in [2.75, 3.05) is 39.4 Å². The maximum Gasteiger partial charge on any atom is 0.242 e. The first-order valence-corrected chi connectivity index (χ1v) is 8.83. The molecule has 0 bridgehead atoms. The Morgan fingerprint density at radius 3 is 2.84 bits per heavy atom. The Balaban J connectivity index is 1.47. The van der Waals surface area contributed by atoms with Gasteiger partial charge in [-0.1, -0.05) is 12.1 Å². The number of likely N-dealkylation sites (tertiary alicyclic amines) is 1. The van der Waals surface area contributed by atoms with E-state index in [9.17, 15) is 9.90 Å². The molecule has 1 aromatic carbocycles.